The molecule has 1 aliphatic rings. The van der Waals surface area contributed by atoms with Crippen molar-refractivity contribution in [2.24, 2.45) is 0 Å². The van der Waals surface area contributed by atoms with Crippen LogP contribution in [-0.4, -0.2) is 59.3 Å². The number of carbonyl (C=O) groups excluding carboxylic acids is 3. The molecule has 0 spiro atoms. The molecule has 1 aromatic heterocycles. The normalized spacial score (nSPS) is 18.5. The summed E-state index contributed by atoms with van der Waals surface area (Å²) >= 11 is 0. The van der Waals surface area contributed by atoms with Crippen molar-refractivity contribution in [2.45, 2.75) is 12.5 Å². The minimum absolute atomic E-state index is 0.321. The standard InChI is InChI=1S/C12H16N4O3/c1-15(2)12(19)16-6-4-9(11(16)18)14-10(17)8-3-5-13-7-8/h3,5,7,9,13H,4,6H2,1-2H3,(H,14,17)/t9-/m0/s1. The molecule has 1 aromatic rings. The SMILES string of the molecule is CN(C)C(=O)N1CC[C@H](NC(=O)c2cc[nH]c2)C1=O. The number of likely N-dealkylation sites (tertiary alicyclic amines) is 1. The van der Waals surface area contributed by atoms with Crippen LogP contribution in [0.4, 0.5) is 4.79 Å². The summed E-state index contributed by atoms with van der Waals surface area (Å²) in [7, 11) is 3.17. The number of carbonyl (C=O) groups is 3. The molecular weight excluding hydrogens is 248 g/mol. The lowest BCUT2D eigenvalue weighted by atomic mass is 10.2. The molecular formula is C12H16N4O3. The number of amides is 4. The van der Waals surface area contributed by atoms with Gasteiger partial charge in [0.15, 0.2) is 0 Å². The fourth-order valence-electron chi connectivity index (χ4n) is 1.95. The zero-order chi connectivity index (χ0) is 14.0. The second kappa shape index (κ2) is 5.13. The summed E-state index contributed by atoms with van der Waals surface area (Å²) in [6, 6.07) is 0.631. The maximum atomic E-state index is 12.0. The van der Waals surface area contributed by atoms with Crippen molar-refractivity contribution in [1.29, 1.82) is 0 Å². The topological polar surface area (TPSA) is 85.5 Å². The number of H-pyrrole nitrogens is 1. The smallest absolute Gasteiger partial charge is 0.326 e. The first-order chi connectivity index (χ1) is 9.00. The first kappa shape index (κ1) is 13.1. The third-order valence-electron chi connectivity index (χ3n) is 2.98. The Morgan fingerprint density at radius 2 is 2.21 bits per heavy atom. The summed E-state index contributed by atoms with van der Waals surface area (Å²) in [5, 5.41) is 2.63. The Bertz CT molecular complexity index is 495. The number of hydrogen-bond donors (Lipinski definition) is 2. The van der Waals surface area contributed by atoms with Gasteiger partial charge in [-0.3, -0.25) is 14.5 Å². The van der Waals surface area contributed by atoms with Gasteiger partial charge in [0.05, 0.1) is 5.56 Å². The Morgan fingerprint density at radius 1 is 1.47 bits per heavy atom. The third-order valence-corrected chi connectivity index (χ3v) is 2.98. The molecule has 1 atom stereocenters. The van der Waals surface area contributed by atoms with Crippen LogP contribution in [0.15, 0.2) is 18.5 Å². The molecule has 0 bridgehead atoms. The van der Waals surface area contributed by atoms with Crippen LogP contribution in [0.1, 0.15) is 16.8 Å². The van der Waals surface area contributed by atoms with Crippen molar-refractivity contribution in [3.05, 3.63) is 24.0 Å². The Morgan fingerprint density at radius 3 is 2.79 bits per heavy atom. The van der Waals surface area contributed by atoms with E-state index in [9.17, 15) is 14.4 Å². The molecule has 2 rings (SSSR count). The van der Waals surface area contributed by atoms with Crippen LogP contribution < -0.4 is 5.32 Å². The van der Waals surface area contributed by atoms with Crippen molar-refractivity contribution in [3.8, 4) is 0 Å². The first-order valence-electron chi connectivity index (χ1n) is 5.97. The Kier molecular flexibility index (Phi) is 3.55. The molecule has 0 saturated carbocycles. The Labute approximate surface area is 110 Å². The van der Waals surface area contributed by atoms with Gasteiger partial charge in [-0.15, -0.1) is 0 Å². The molecule has 7 nitrogen and oxygen atoms in total. The van der Waals surface area contributed by atoms with Crippen LogP contribution in [0.5, 0.6) is 0 Å². The minimum Gasteiger partial charge on any atom is -0.367 e. The summed E-state index contributed by atoms with van der Waals surface area (Å²) in [5.41, 5.74) is 0.463. The fourth-order valence-corrected chi connectivity index (χ4v) is 1.95. The second-order valence-corrected chi connectivity index (χ2v) is 4.58. The van der Waals surface area contributed by atoms with Crippen LogP contribution in [0.25, 0.3) is 0 Å². The van der Waals surface area contributed by atoms with E-state index < -0.39 is 6.04 Å². The predicted molar refractivity (Wildman–Crippen MR) is 67.5 cm³/mol. The van der Waals surface area contributed by atoms with E-state index in [1.165, 1.54) is 4.90 Å². The number of nitrogens with one attached hydrogen (secondary N) is 2. The molecule has 7 heteroatoms. The molecule has 1 saturated heterocycles. The monoisotopic (exact) mass is 264 g/mol. The zero-order valence-corrected chi connectivity index (χ0v) is 10.8. The van der Waals surface area contributed by atoms with Gasteiger partial charge in [-0.05, 0) is 12.5 Å². The van der Waals surface area contributed by atoms with E-state index in [1.54, 1.807) is 32.6 Å². The van der Waals surface area contributed by atoms with E-state index in [1.807, 2.05) is 0 Å². The van der Waals surface area contributed by atoms with E-state index in [0.717, 1.165) is 4.90 Å². The molecule has 0 aliphatic carbocycles. The first-order valence-corrected chi connectivity index (χ1v) is 5.97. The maximum Gasteiger partial charge on any atom is 0.326 e. The summed E-state index contributed by atoms with van der Waals surface area (Å²) in [4.78, 5) is 40.8. The van der Waals surface area contributed by atoms with Crippen molar-refractivity contribution in [1.82, 2.24) is 20.1 Å². The molecule has 1 aliphatic heterocycles. The molecule has 2 N–H and O–H groups in total. The van der Waals surface area contributed by atoms with Gasteiger partial charge >= 0.3 is 6.03 Å². The third kappa shape index (κ3) is 2.59. The van der Waals surface area contributed by atoms with E-state index >= 15 is 0 Å². The highest BCUT2D eigenvalue weighted by atomic mass is 16.2. The predicted octanol–water partition coefficient (Wildman–Crippen LogP) is 0.0270. The largest absolute Gasteiger partial charge is 0.367 e. The van der Waals surface area contributed by atoms with E-state index in [4.69, 9.17) is 0 Å². The Hall–Kier alpha value is -2.31. The van der Waals surface area contributed by atoms with Crippen molar-refractivity contribution in [2.75, 3.05) is 20.6 Å². The average Bonchev–Trinajstić information content (AvgIpc) is 2.99. The van der Waals surface area contributed by atoms with Crippen LogP contribution in [0.2, 0.25) is 0 Å². The van der Waals surface area contributed by atoms with Crippen LogP contribution in [0.3, 0.4) is 0 Å². The van der Waals surface area contributed by atoms with Gasteiger partial charge in [-0.2, -0.15) is 0 Å². The zero-order valence-electron chi connectivity index (χ0n) is 10.8. The summed E-state index contributed by atoms with van der Waals surface area (Å²) < 4.78 is 0. The minimum atomic E-state index is -0.633. The molecule has 2 heterocycles. The van der Waals surface area contributed by atoms with Crippen molar-refractivity contribution in [3.63, 3.8) is 0 Å². The molecule has 19 heavy (non-hydrogen) atoms. The average molecular weight is 264 g/mol. The van der Waals surface area contributed by atoms with E-state index in [-0.39, 0.29) is 17.8 Å². The van der Waals surface area contributed by atoms with Crippen LogP contribution in [0, 0.1) is 0 Å². The summed E-state index contributed by atoms with van der Waals surface area (Å²) in [6.45, 7) is 0.327. The number of imide groups is 1. The number of hydrogen-bond acceptors (Lipinski definition) is 3. The van der Waals surface area contributed by atoms with Gasteiger partial charge in [-0.25, -0.2) is 4.79 Å². The fraction of sp³-hybridized carbons (Fsp3) is 0.417. The van der Waals surface area contributed by atoms with Gasteiger partial charge < -0.3 is 15.2 Å². The highest BCUT2D eigenvalue weighted by Crippen LogP contribution is 2.13. The van der Waals surface area contributed by atoms with Crippen LogP contribution >= 0.6 is 0 Å². The van der Waals surface area contributed by atoms with Gasteiger partial charge in [0.2, 0.25) is 0 Å². The lowest BCUT2D eigenvalue weighted by Gasteiger charge is -2.19. The molecule has 0 radical (unpaired) electrons. The van der Waals surface area contributed by atoms with Crippen molar-refractivity contribution < 1.29 is 14.4 Å². The van der Waals surface area contributed by atoms with Gasteiger partial charge in [0, 0.05) is 33.0 Å². The number of urea groups is 1. The molecule has 0 aromatic carbocycles. The molecule has 102 valence electrons. The highest BCUT2D eigenvalue weighted by Gasteiger charge is 2.37. The van der Waals surface area contributed by atoms with Gasteiger partial charge in [0.1, 0.15) is 6.04 Å². The lowest BCUT2D eigenvalue weighted by molar-refractivity contribution is -0.127. The summed E-state index contributed by atoms with van der Waals surface area (Å²) in [6.07, 6.45) is 3.62. The number of rotatable bonds is 2. The van der Waals surface area contributed by atoms with Gasteiger partial charge in [-0.1, -0.05) is 0 Å². The molecule has 4 amide bonds. The number of aromatic amines is 1. The van der Waals surface area contributed by atoms with Crippen molar-refractivity contribution >= 4 is 17.8 Å². The maximum absolute atomic E-state index is 12.0. The number of nitrogens with zero attached hydrogens (tertiary/aromatic N) is 2. The number of aromatic nitrogens is 1. The Balaban J connectivity index is 1.99. The molecule has 1 fully saturated rings. The quantitative estimate of drug-likeness (QED) is 0.790. The lowest BCUT2D eigenvalue weighted by Crippen LogP contribution is -2.46. The highest BCUT2D eigenvalue weighted by molar-refractivity contribution is 6.02. The van der Waals surface area contributed by atoms with Crippen LogP contribution in [-0.2, 0) is 4.79 Å². The second-order valence-electron chi connectivity index (χ2n) is 4.58. The van der Waals surface area contributed by atoms with E-state index in [2.05, 4.69) is 10.3 Å². The summed E-state index contributed by atoms with van der Waals surface area (Å²) in [5.74, 6) is -0.679. The van der Waals surface area contributed by atoms with E-state index in [0.29, 0.717) is 18.5 Å². The van der Waals surface area contributed by atoms with Gasteiger partial charge in [0.25, 0.3) is 11.8 Å². The molecule has 0 unspecified atom stereocenters.